The van der Waals surface area contributed by atoms with Gasteiger partial charge in [0.25, 0.3) is 0 Å². The van der Waals surface area contributed by atoms with Gasteiger partial charge in [0.05, 0.1) is 60.9 Å². The normalized spacial score (nSPS) is 27.7. The van der Waals surface area contributed by atoms with Crippen LogP contribution < -0.4 is 65.1 Å². The molecule has 16 N–H and O–H groups in total. The first-order valence-corrected chi connectivity index (χ1v) is 33.9. The summed E-state index contributed by atoms with van der Waals surface area (Å²) < 4.78 is 0. The number of likely N-dealkylation sites (tertiary alicyclic amines) is 1. The number of aromatic hydroxyl groups is 1. The van der Waals surface area contributed by atoms with Crippen molar-refractivity contribution in [1.82, 2.24) is 52.8 Å². The van der Waals surface area contributed by atoms with Crippen LogP contribution in [0, 0.1) is 29.6 Å². The second-order valence-corrected chi connectivity index (χ2v) is 26.4. The summed E-state index contributed by atoms with van der Waals surface area (Å²) in [5, 5.41) is 36.8. The van der Waals surface area contributed by atoms with Gasteiger partial charge >= 0.3 is 0 Å². The minimum Gasteiger partial charge on any atom is -0.508 e. The Kier molecular flexibility index (Phi) is 35.9. The topological polar surface area (TPSA) is 380 Å². The van der Waals surface area contributed by atoms with Crippen LogP contribution in [-0.4, -0.2) is 181 Å². The number of likely N-dealkylation sites (N-methyl/N-ethyl adjacent to an activating group) is 1. The standard InChI is InChI=1S/C46H85N11O8.C21H32N2O3/c1-9-28(4)39-37(58)26-51-33(18-11-14-22-48)42(61)55-34(19-12-15-23-49)43(62)52-30(6)40(59)29(5)25-35(53-38(27(2)3)45(64)56-39)41(60)32(17-10-13-21-47)54-44(63)36-20-16-24-57(36)46(65)31(7)50-8;1-5-14(3)20-19(25)11-13(2)10-15(4)22-18(21(26)23-20)12-16-6-8-17(24)9-7-16/h27-36,38-39,50-51,53H,9-26,47-49H2,1-8H3,(H,52,62)(H,54,63)(H,55,61)(H,56,64);6-9,13-15,18,20,22,24H,5,10-12H2,1-4H3,(H,23,26)/t28-,29?,30-,31-,32-,33-,34-,35?,36-,38-,39-;13?,14-,15?,18-,20-/m00/s1. The highest BCUT2D eigenvalue weighted by atomic mass is 16.3. The third-order valence-electron chi connectivity index (χ3n) is 18.3. The van der Waals surface area contributed by atoms with Crippen molar-refractivity contribution in [2.75, 3.05) is 39.8 Å². The second-order valence-electron chi connectivity index (χ2n) is 26.4. The number of hydrogen-bond acceptors (Lipinski definition) is 18. The number of nitrogens with one attached hydrogen (secondary N) is 9. The molecular formula is C67H117N13O11. The van der Waals surface area contributed by atoms with Crippen LogP contribution >= 0.6 is 0 Å². The van der Waals surface area contributed by atoms with Crippen LogP contribution in [0.3, 0.4) is 0 Å². The number of nitrogens with zero attached hydrogens (tertiary/aromatic N) is 1. The molecular weight excluding hydrogens is 1160 g/mol. The number of phenols is 1. The number of ketones is 4. The minimum atomic E-state index is -1.16. The third-order valence-corrected chi connectivity index (χ3v) is 18.3. The number of benzene rings is 1. The quantitative estimate of drug-likeness (QED) is 0.0625. The lowest BCUT2D eigenvalue weighted by Gasteiger charge is -2.33. The molecule has 0 aliphatic carbocycles. The van der Waals surface area contributed by atoms with Gasteiger partial charge in [-0.15, -0.1) is 0 Å². The second kappa shape index (κ2) is 41.1. The molecule has 3 saturated heterocycles. The largest absolute Gasteiger partial charge is 0.508 e. The lowest BCUT2D eigenvalue weighted by Crippen LogP contribution is -2.61. The van der Waals surface area contributed by atoms with Crippen LogP contribution in [0.25, 0.3) is 0 Å². The maximum Gasteiger partial charge on any atom is 0.243 e. The molecule has 0 saturated carbocycles. The molecule has 3 aliphatic rings. The molecule has 3 fully saturated rings. The number of amides is 6. The molecule has 0 bridgehead atoms. The van der Waals surface area contributed by atoms with E-state index in [9.17, 15) is 48.3 Å². The fraction of sp³-hybridized carbons (Fsp3) is 0.761. The van der Waals surface area contributed by atoms with Crippen molar-refractivity contribution in [3.63, 3.8) is 0 Å². The van der Waals surface area contributed by atoms with Gasteiger partial charge < -0.3 is 64.4 Å². The van der Waals surface area contributed by atoms with Crippen LogP contribution in [0.15, 0.2) is 24.3 Å². The number of carbonyl (C=O) groups is 10. The van der Waals surface area contributed by atoms with Crippen molar-refractivity contribution < 1.29 is 53.1 Å². The number of unbranched alkanes of at least 4 members (excludes halogenated alkanes) is 3. The Balaban J connectivity index is 0.000000687. The Morgan fingerprint density at radius 1 is 0.670 bits per heavy atom. The Hall–Kier alpha value is -5.76. The van der Waals surface area contributed by atoms with E-state index in [4.69, 9.17) is 17.2 Å². The highest BCUT2D eigenvalue weighted by Crippen LogP contribution is 2.24. The van der Waals surface area contributed by atoms with E-state index in [1.807, 2.05) is 39.8 Å². The van der Waals surface area contributed by atoms with E-state index < -0.39 is 108 Å². The van der Waals surface area contributed by atoms with E-state index in [1.54, 1.807) is 53.8 Å². The van der Waals surface area contributed by atoms with Gasteiger partial charge in [-0.05, 0) is 172 Å². The molecule has 24 heteroatoms. The summed E-state index contributed by atoms with van der Waals surface area (Å²) in [7, 11) is 1.67. The number of carbonyl (C=O) groups excluding carboxylic acids is 10. The zero-order valence-corrected chi connectivity index (χ0v) is 56.9. The summed E-state index contributed by atoms with van der Waals surface area (Å²) >= 11 is 0. The number of phenolic OH excluding ortho intramolecular Hbond substituents is 1. The first-order valence-electron chi connectivity index (χ1n) is 33.9. The van der Waals surface area contributed by atoms with Gasteiger partial charge in [-0.2, -0.15) is 0 Å². The Morgan fingerprint density at radius 3 is 1.81 bits per heavy atom. The van der Waals surface area contributed by atoms with E-state index >= 15 is 4.79 Å². The molecule has 16 atom stereocenters. The predicted octanol–water partition coefficient (Wildman–Crippen LogP) is 2.48. The maximum absolute atomic E-state index is 15.0. The van der Waals surface area contributed by atoms with Crippen molar-refractivity contribution in [2.24, 2.45) is 46.8 Å². The summed E-state index contributed by atoms with van der Waals surface area (Å²) in [5.74, 6) is -4.47. The van der Waals surface area contributed by atoms with E-state index in [0.29, 0.717) is 103 Å². The molecule has 0 radical (unpaired) electrons. The van der Waals surface area contributed by atoms with Gasteiger partial charge in [-0.25, -0.2) is 0 Å². The molecule has 1 aromatic rings. The van der Waals surface area contributed by atoms with E-state index in [0.717, 1.165) is 18.4 Å². The molecule has 3 heterocycles. The molecule has 516 valence electrons. The molecule has 4 unspecified atom stereocenters. The van der Waals surface area contributed by atoms with Crippen molar-refractivity contribution in [3.05, 3.63) is 29.8 Å². The van der Waals surface area contributed by atoms with E-state index in [-0.39, 0.29) is 84.5 Å². The van der Waals surface area contributed by atoms with Crippen molar-refractivity contribution >= 4 is 58.6 Å². The van der Waals surface area contributed by atoms with Gasteiger partial charge in [0, 0.05) is 24.9 Å². The van der Waals surface area contributed by atoms with E-state index in [1.165, 1.54) is 4.90 Å². The first kappa shape index (κ1) is 79.5. The smallest absolute Gasteiger partial charge is 0.243 e. The lowest BCUT2D eigenvalue weighted by atomic mass is 9.87. The molecule has 24 nitrogen and oxygen atoms in total. The summed E-state index contributed by atoms with van der Waals surface area (Å²) in [6.45, 7) is 21.8. The van der Waals surface area contributed by atoms with Crippen molar-refractivity contribution in [2.45, 2.75) is 258 Å². The number of Topliss-reactive ketones (excluding diaryl/α,β-unsaturated/α-hetero) is 4. The van der Waals surface area contributed by atoms with Crippen LogP contribution in [0.4, 0.5) is 0 Å². The molecule has 0 aromatic heterocycles. The monoisotopic (exact) mass is 1280 g/mol. The van der Waals surface area contributed by atoms with Crippen LogP contribution in [0.1, 0.15) is 184 Å². The first-order chi connectivity index (χ1) is 43.2. The Morgan fingerprint density at radius 2 is 1.23 bits per heavy atom. The molecule has 6 amide bonds. The number of hydrogen-bond donors (Lipinski definition) is 13. The van der Waals surface area contributed by atoms with Crippen LogP contribution in [0.2, 0.25) is 0 Å². The third kappa shape index (κ3) is 25.9. The average Bonchev–Trinajstić information content (AvgIpc) is 1.91. The highest BCUT2D eigenvalue weighted by molar-refractivity contribution is 5.99. The fourth-order valence-corrected chi connectivity index (χ4v) is 12.2. The summed E-state index contributed by atoms with van der Waals surface area (Å²) in [4.78, 5) is 140. The summed E-state index contributed by atoms with van der Waals surface area (Å²) in [6.07, 6.45) is 8.35. The number of rotatable bonds is 25. The molecule has 0 spiro atoms. The van der Waals surface area contributed by atoms with E-state index in [2.05, 4.69) is 61.7 Å². The molecule has 1 aromatic carbocycles. The van der Waals surface area contributed by atoms with Gasteiger partial charge in [-0.1, -0.05) is 86.8 Å². The summed E-state index contributed by atoms with van der Waals surface area (Å²) in [5.41, 5.74) is 18.3. The number of nitrogens with two attached hydrogens (primary N) is 3. The van der Waals surface area contributed by atoms with Gasteiger partial charge in [0.15, 0.2) is 23.1 Å². The zero-order valence-electron chi connectivity index (χ0n) is 56.9. The highest BCUT2D eigenvalue weighted by Gasteiger charge is 2.42. The van der Waals surface area contributed by atoms with Gasteiger partial charge in [-0.3, -0.25) is 58.6 Å². The van der Waals surface area contributed by atoms with Crippen molar-refractivity contribution in [1.29, 1.82) is 0 Å². The van der Waals surface area contributed by atoms with Gasteiger partial charge in [0.2, 0.25) is 35.4 Å². The lowest BCUT2D eigenvalue weighted by molar-refractivity contribution is -0.140. The Bertz CT molecular complexity index is 2490. The molecule has 3 aliphatic heterocycles. The van der Waals surface area contributed by atoms with Crippen LogP contribution in [-0.2, 0) is 54.4 Å². The molecule has 4 rings (SSSR count). The Labute approximate surface area is 542 Å². The van der Waals surface area contributed by atoms with Crippen LogP contribution in [0.5, 0.6) is 5.75 Å². The molecule has 91 heavy (non-hydrogen) atoms. The SMILES string of the molecule is CC[C@H](C)[C@@H]1NC(=O)[C@H](C(C)C)NC(C(=O)[C@H](CCCCN)NC(=O)[C@@H]2CCCN2C(=O)[C@H](C)NC)CC(C)C(=O)[C@H](C)NC(=O)[C@H](CCCCN)NC(=O)[C@H](CCCCN)NCC1=O.CC[C@H](C)[C@@H]1NC(=O)[C@H](Cc2ccc(O)cc2)NC(C)CC(C)CC1=O. The predicted molar refractivity (Wildman–Crippen MR) is 354 cm³/mol. The zero-order chi connectivity index (χ0) is 68.1. The fourth-order valence-electron chi connectivity index (χ4n) is 12.2. The summed E-state index contributed by atoms with van der Waals surface area (Å²) in [6, 6.07) is -2.23. The van der Waals surface area contributed by atoms with Crippen molar-refractivity contribution in [3.8, 4) is 5.75 Å². The average molecular weight is 1280 g/mol. The van der Waals surface area contributed by atoms with Gasteiger partial charge in [0.1, 0.15) is 17.8 Å². The maximum atomic E-state index is 15.0. The minimum absolute atomic E-state index is 0.107.